The van der Waals surface area contributed by atoms with Crippen LogP contribution in [-0.2, 0) is 14.3 Å². The van der Waals surface area contributed by atoms with E-state index in [4.69, 9.17) is 9.47 Å². The maximum absolute atomic E-state index is 13.6. The number of allylic oxidation sites excluding steroid dienone is 3. The molecule has 6 nitrogen and oxygen atoms in total. The van der Waals surface area contributed by atoms with E-state index in [0.717, 1.165) is 34.0 Å². The summed E-state index contributed by atoms with van der Waals surface area (Å²) in [5.41, 5.74) is 5.89. The predicted octanol–water partition coefficient (Wildman–Crippen LogP) is 4.69. The van der Waals surface area contributed by atoms with Crippen LogP contribution in [0.15, 0.2) is 71.1 Å². The van der Waals surface area contributed by atoms with Gasteiger partial charge in [-0.25, -0.2) is 4.79 Å². The molecule has 0 unspecified atom stereocenters. The number of anilines is 1. The summed E-state index contributed by atoms with van der Waals surface area (Å²) in [7, 11) is 5.61. The number of carbonyl (C=O) groups is 2. The maximum atomic E-state index is 13.6. The highest BCUT2D eigenvalue weighted by atomic mass is 16.5. The lowest BCUT2D eigenvalue weighted by Gasteiger charge is -2.36. The summed E-state index contributed by atoms with van der Waals surface area (Å²) in [6.45, 7) is 3.96. The monoisotopic (exact) mass is 460 g/mol. The third-order valence-electron chi connectivity index (χ3n) is 6.65. The molecule has 34 heavy (non-hydrogen) atoms. The molecule has 0 radical (unpaired) electrons. The number of hydrogen-bond acceptors (Lipinski definition) is 6. The number of Topliss-reactive ketones (excluding diaryl/α,β-unsaturated/α-hetero) is 1. The number of methoxy groups -OCH3 is 1. The van der Waals surface area contributed by atoms with Crippen molar-refractivity contribution in [3.63, 3.8) is 0 Å². The molecule has 0 saturated carbocycles. The number of dihydropyridines is 1. The van der Waals surface area contributed by atoms with E-state index in [-0.39, 0.29) is 24.3 Å². The van der Waals surface area contributed by atoms with E-state index in [1.165, 1.54) is 0 Å². The number of ketones is 1. The fourth-order valence-corrected chi connectivity index (χ4v) is 4.93. The van der Waals surface area contributed by atoms with Crippen LogP contribution in [0.4, 0.5) is 5.69 Å². The standard InChI is InChI=1S/C28H32N2O4/c1-6-34-28(32)25-17(2)29-23-15-20(18-9-13-22(33-5)14-10-18)16-24(31)27(23)26(25)19-7-11-21(12-8-19)30(3)4/h7-14,20,26,29H,6,15-16H2,1-5H3/t20-,26-/m0/s1. The van der Waals surface area contributed by atoms with E-state index >= 15 is 0 Å². The van der Waals surface area contributed by atoms with E-state index in [1.807, 2.05) is 74.4 Å². The average Bonchev–Trinajstić information content (AvgIpc) is 2.83. The molecule has 4 rings (SSSR count). The number of nitrogens with one attached hydrogen (secondary N) is 1. The Kier molecular flexibility index (Phi) is 6.77. The second-order valence-electron chi connectivity index (χ2n) is 9.00. The van der Waals surface area contributed by atoms with Crippen molar-refractivity contribution in [3.05, 3.63) is 82.2 Å². The lowest BCUT2D eigenvalue weighted by atomic mass is 9.71. The number of esters is 1. The molecule has 0 aromatic heterocycles. The Morgan fingerprint density at radius 3 is 2.26 bits per heavy atom. The van der Waals surface area contributed by atoms with Crippen molar-refractivity contribution in [2.24, 2.45) is 0 Å². The first kappa shape index (κ1) is 23.6. The van der Waals surface area contributed by atoms with Crippen LogP contribution >= 0.6 is 0 Å². The highest BCUT2D eigenvalue weighted by molar-refractivity contribution is 6.04. The van der Waals surface area contributed by atoms with Crippen molar-refractivity contribution in [3.8, 4) is 5.75 Å². The van der Waals surface area contributed by atoms with Crippen molar-refractivity contribution in [1.29, 1.82) is 0 Å². The molecule has 6 heteroatoms. The lowest BCUT2D eigenvalue weighted by molar-refractivity contribution is -0.138. The van der Waals surface area contributed by atoms with Gasteiger partial charge < -0.3 is 19.7 Å². The number of nitrogens with zero attached hydrogens (tertiary/aromatic N) is 1. The SMILES string of the molecule is CCOC(=O)C1=C(C)NC2=C(C(=O)C[C@@H](c3ccc(OC)cc3)C2)[C@H]1c1ccc(N(C)C)cc1. The molecule has 0 amide bonds. The van der Waals surface area contributed by atoms with E-state index < -0.39 is 5.92 Å². The zero-order valence-corrected chi connectivity index (χ0v) is 20.5. The fraction of sp³-hybridized carbons (Fsp3) is 0.357. The van der Waals surface area contributed by atoms with Gasteiger partial charge in [0.15, 0.2) is 5.78 Å². The second kappa shape index (κ2) is 9.75. The Labute approximate surface area is 201 Å². The van der Waals surface area contributed by atoms with Crippen LogP contribution in [-0.4, -0.2) is 39.6 Å². The lowest BCUT2D eigenvalue weighted by Crippen LogP contribution is -2.36. The van der Waals surface area contributed by atoms with Gasteiger partial charge in [-0.15, -0.1) is 0 Å². The molecule has 1 N–H and O–H groups in total. The van der Waals surface area contributed by atoms with Gasteiger partial charge in [-0.05, 0) is 61.6 Å². The van der Waals surface area contributed by atoms with Crippen molar-refractivity contribution in [2.45, 2.75) is 38.5 Å². The molecule has 2 aromatic rings. The summed E-state index contributed by atoms with van der Waals surface area (Å²) in [5.74, 6) is 0.0891. The van der Waals surface area contributed by atoms with E-state index in [9.17, 15) is 9.59 Å². The van der Waals surface area contributed by atoms with Gasteiger partial charge in [-0.1, -0.05) is 24.3 Å². The summed E-state index contributed by atoms with van der Waals surface area (Å²) >= 11 is 0. The smallest absolute Gasteiger partial charge is 0.336 e. The van der Waals surface area contributed by atoms with Crippen LogP contribution in [0.25, 0.3) is 0 Å². The first-order valence-corrected chi connectivity index (χ1v) is 11.7. The summed E-state index contributed by atoms with van der Waals surface area (Å²) in [4.78, 5) is 28.7. The van der Waals surface area contributed by atoms with Crippen LogP contribution in [0.3, 0.4) is 0 Å². The first-order chi connectivity index (χ1) is 16.3. The summed E-state index contributed by atoms with van der Waals surface area (Å²) in [6, 6.07) is 15.9. The van der Waals surface area contributed by atoms with Gasteiger partial charge in [0, 0.05) is 49.1 Å². The molecule has 0 saturated heterocycles. The summed E-state index contributed by atoms with van der Waals surface area (Å²) in [6.07, 6.45) is 1.10. The minimum Gasteiger partial charge on any atom is -0.497 e. The minimum absolute atomic E-state index is 0.0607. The van der Waals surface area contributed by atoms with Gasteiger partial charge in [0.25, 0.3) is 0 Å². The number of hydrogen-bond donors (Lipinski definition) is 1. The van der Waals surface area contributed by atoms with Crippen LogP contribution < -0.4 is 15.0 Å². The molecule has 178 valence electrons. The minimum atomic E-state index is -0.448. The molecule has 1 aliphatic heterocycles. The third-order valence-corrected chi connectivity index (χ3v) is 6.65. The van der Waals surface area contributed by atoms with Gasteiger partial charge in [-0.2, -0.15) is 0 Å². The topological polar surface area (TPSA) is 67.9 Å². The van der Waals surface area contributed by atoms with Crippen molar-refractivity contribution in [1.82, 2.24) is 5.32 Å². The normalized spacial score (nSPS) is 20.0. The third kappa shape index (κ3) is 4.45. The van der Waals surface area contributed by atoms with Crippen molar-refractivity contribution in [2.75, 3.05) is 32.7 Å². The molecule has 1 heterocycles. The zero-order valence-electron chi connectivity index (χ0n) is 20.5. The highest BCUT2D eigenvalue weighted by Crippen LogP contribution is 2.46. The van der Waals surface area contributed by atoms with E-state index in [1.54, 1.807) is 14.0 Å². The molecule has 2 aliphatic rings. The zero-order chi connectivity index (χ0) is 24.4. The Balaban J connectivity index is 1.76. The molecule has 0 bridgehead atoms. The van der Waals surface area contributed by atoms with E-state index in [2.05, 4.69) is 5.32 Å². The molecule has 0 spiro atoms. The van der Waals surface area contributed by atoms with Gasteiger partial charge in [0.05, 0.1) is 19.3 Å². The van der Waals surface area contributed by atoms with Crippen molar-refractivity contribution >= 4 is 17.4 Å². The Bertz CT molecular complexity index is 1140. The Hall–Kier alpha value is -3.54. The van der Waals surface area contributed by atoms with Gasteiger partial charge in [0.1, 0.15) is 5.75 Å². The van der Waals surface area contributed by atoms with Gasteiger partial charge >= 0.3 is 5.97 Å². The molecular formula is C28H32N2O4. The average molecular weight is 461 g/mol. The quantitative estimate of drug-likeness (QED) is 0.631. The number of rotatable bonds is 6. The Morgan fingerprint density at radius 2 is 1.68 bits per heavy atom. The number of benzene rings is 2. The second-order valence-corrected chi connectivity index (χ2v) is 9.00. The molecule has 2 aromatic carbocycles. The maximum Gasteiger partial charge on any atom is 0.336 e. The van der Waals surface area contributed by atoms with E-state index in [0.29, 0.717) is 24.0 Å². The van der Waals surface area contributed by atoms with Gasteiger partial charge in [0.2, 0.25) is 0 Å². The Morgan fingerprint density at radius 1 is 1.03 bits per heavy atom. The van der Waals surface area contributed by atoms with Gasteiger partial charge in [-0.3, -0.25) is 4.79 Å². The fourth-order valence-electron chi connectivity index (χ4n) is 4.93. The molecule has 0 fully saturated rings. The van der Waals surface area contributed by atoms with Crippen LogP contribution in [0, 0.1) is 0 Å². The van der Waals surface area contributed by atoms with Crippen LogP contribution in [0.2, 0.25) is 0 Å². The highest BCUT2D eigenvalue weighted by Gasteiger charge is 2.41. The summed E-state index contributed by atoms with van der Waals surface area (Å²) < 4.78 is 10.7. The van der Waals surface area contributed by atoms with Crippen LogP contribution in [0.5, 0.6) is 5.75 Å². The molecular weight excluding hydrogens is 428 g/mol. The number of carbonyl (C=O) groups excluding carboxylic acids is 2. The van der Waals surface area contributed by atoms with Crippen LogP contribution in [0.1, 0.15) is 49.7 Å². The largest absolute Gasteiger partial charge is 0.497 e. The first-order valence-electron chi connectivity index (χ1n) is 11.7. The number of ether oxygens (including phenoxy) is 2. The predicted molar refractivity (Wildman–Crippen MR) is 133 cm³/mol. The van der Waals surface area contributed by atoms with Crippen molar-refractivity contribution < 1.29 is 19.1 Å². The molecule has 1 aliphatic carbocycles. The molecule has 2 atom stereocenters. The summed E-state index contributed by atoms with van der Waals surface area (Å²) in [5, 5.41) is 3.39.